The fourth-order valence-electron chi connectivity index (χ4n) is 2.34. The quantitative estimate of drug-likeness (QED) is 0.838. The van der Waals surface area contributed by atoms with Gasteiger partial charge in [0.2, 0.25) is 0 Å². The number of nitrogens with two attached hydrogens (primary N) is 1. The van der Waals surface area contributed by atoms with Gasteiger partial charge in [-0.25, -0.2) is 0 Å². The van der Waals surface area contributed by atoms with Gasteiger partial charge >= 0.3 is 0 Å². The number of hydrogen-bond acceptors (Lipinski definition) is 3. The van der Waals surface area contributed by atoms with Crippen LogP contribution in [0, 0.1) is 0 Å². The predicted molar refractivity (Wildman–Crippen MR) is 81.3 cm³/mol. The number of nitrogens with one attached hydrogen (secondary N) is 1. The predicted octanol–water partition coefficient (Wildman–Crippen LogP) is 2.68. The van der Waals surface area contributed by atoms with Crippen LogP contribution in [0.15, 0.2) is 48.7 Å². The maximum Gasteiger partial charge on any atom is 0.124 e. The minimum atomic E-state index is 0.333. The summed E-state index contributed by atoms with van der Waals surface area (Å²) in [5.41, 5.74) is 8.67. The molecule has 1 aromatic carbocycles. The van der Waals surface area contributed by atoms with E-state index in [2.05, 4.69) is 34.6 Å². The topological polar surface area (TPSA) is 50.9 Å². The number of anilines is 1. The van der Waals surface area contributed by atoms with Crippen molar-refractivity contribution in [3.8, 4) is 0 Å². The van der Waals surface area contributed by atoms with E-state index in [0.29, 0.717) is 22.6 Å². The molecule has 0 bridgehead atoms. The molecule has 2 atom stereocenters. The summed E-state index contributed by atoms with van der Waals surface area (Å²) in [4.78, 5) is 4.56. The van der Waals surface area contributed by atoms with Crippen molar-refractivity contribution in [2.75, 3.05) is 5.32 Å². The Labute approximate surface area is 117 Å². The Kier molecular flexibility index (Phi) is 3.17. The fraction of sp³-hybridized carbons (Fsp3) is 0.200. The second kappa shape index (κ2) is 4.97. The number of nitrogens with zero attached hydrogens (tertiary/aromatic N) is 1. The molecule has 1 aliphatic rings. The highest BCUT2D eigenvalue weighted by molar-refractivity contribution is 7.80. The Bertz CT molecular complexity index is 597. The Balaban J connectivity index is 1.73. The zero-order valence-electron chi connectivity index (χ0n) is 10.4. The van der Waals surface area contributed by atoms with Gasteiger partial charge in [0.25, 0.3) is 0 Å². The maximum atomic E-state index is 5.69. The SMILES string of the molecule is NC(=S)c1ncccc1NC1CC1c1ccccc1. The lowest BCUT2D eigenvalue weighted by Gasteiger charge is -2.09. The average Bonchev–Trinajstić information content (AvgIpc) is 3.19. The van der Waals surface area contributed by atoms with Gasteiger partial charge in [-0.15, -0.1) is 0 Å². The first-order chi connectivity index (χ1) is 9.25. The van der Waals surface area contributed by atoms with Gasteiger partial charge in [-0.2, -0.15) is 0 Å². The summed E-state index contributed by atoms with van der Waals surface area (Å²) in [7, 11) is 0. The smallest absolute Gasteiger partial charge is 0.124 e. The van der Waals surface area contributed by atoms with E-state index in [1.54, 1.807) is 6.20 Å². The lowest BCUT2D eigenvalue weighted by molar-refractivity contribution is 1.04. The summed E-state index contributed by atoms with van der Waals surface area (Å²) < 4.78 is 0. The van der Waals surface area contributed by atoms with Crippen LogP contribution in [0.5, 0.6) is 0 Å². The second-order valence-electron chi connectivity index (χ2n) is 4.77. The highest BCUT2D eigenvalue weighted by atomic mass is 32.1. The molecule has 3 nitrogen and oxygen atoms in total. The monoisotopic (exact) mass is 269 g/mol. The number of rotatable bonds is 4. The van der Waals surface area contributed by atoms with Crippen molar-refractivity contribution in [1.82, 2.24) is 4.98 Å². The van der Waals surface area contributed by atoms with Gasteiger partial charge in [0.05, 0.1) is 5.69 Å². The summed E-state index contributed by atoms with van der Waals surface area (Å²) in [6.45, 7) is 0. The van der Waals surface area contributed by atoms with E-state index in [1.807, 2.05) is 18.2 Å². The first-order valence-electron chi connectivity index (χ1n) is 6.32. The van der Waals surface area contributed by atoms with Crippen LogP contribution in [-0.4, -0.2) is 16.0 Å². The van der Waals surface area contributed by atoms with Crippen molar-refractivity contribution in [1.29, 1.82) is 0 Å². The van der Waals surface area contributed by atoms with Crippen LogP contribution in [0.25, 0.3) is 0 Å². The van der Waals surface area contributed by atoms with E-state index < -0.39 is 0 Å². The Morgan fingerprint density at radius 2 is 2.00 bits per heavy atom. The standard InChI is InChI=1S/C15H15N3S/c16-15(19)14-12(7-4-8-17-14)18-13-9-11(13)10-5-2-1-3-6-10/h1-8,11,13,18H,9H2,(H2,16,19). The Morgan fingerprint density at radius 1 is 1.21 bits per heavy atom. The third-order valence-corrected chi connectivity index (χ3v) is 3.59. The fourth-order valence-corrected chi connectivity index (χ4v) is 2.50. The van der Waals surface area contributed by atoms with Crippen molar-refractivity contribution < 1.29 is 0 Å². The first kappa shape index (κ1) is 12.1. The molecule has 1 fully saturated rings. The summed E-state index contributed by atoms with van der Waals surface area (Å²) >= 11 is 5.02. The zero-order chi connectivity index (χ0) is 13.2. The Hall–Kier alpha value is -1.94. The van der Waals surface area contributed by atoms with E-state index in [1.165, 1.54) is 5.56 Å². The highest BCUT2D eigenvalue weighted by Gasteiger charge is 2.38. The molecular weight excluding hydrogens is 254 g/mol. The lowest BCUT2D eigenvalue weighted by atomic mass is 10.1. The third kappa shape index (κ3) is 2.58. The van der Waals surface area contributed by atoms with Gasteiger partial charge in [0, 0.05) is 18.2 Å². The molecule has 0 spiro atoms. The normalized spacial score (nSPS) is 20.8. The molecule has 0 saturated heterocycles. The average molecular weight is 269 g/mol. The molecule has 1 saturated carbocycles. The van der Waals surface area contributed by atoms with Crippen LogP contribution in [0.3, 0.4) is 0 Å². The molecule has 19 heavy (non-hydrogen) atoms. The van der Waals surface area contributed by atoms with Crippen LogP contribution < -0.4 is 11.1 Å². The maximum absolute atomic E-state index is 5.69. The zero-order valence-corrected chi connectivity index (χ0v) is 11.2. The molecule has 0 aliphatic heterocycles. The molecule has 1 aliphatic carbocycles. The molecule has 0 amide bonds. The minimum Gasteiger partial charge on any atom is -0.388 e. The number of pyridine rings is 1. The van der Waals surface area contributed by atoms with Gasteiger partial charge in [-0.1, -0.05) is 42.5 Å². The molecule has 1 heterocycles. The summed E-state index contributed by atoms with van der Waals surface area (Å²) in [6.07, 6.45) is 2.84. The molecule has 96 valence electrons. The number of thiocarbonyl (C=S) groups is 1. The van der Waals surface area contributed by atoms with Gasteiger partial charge in [0.15, 0.2) is 0 Å². The van der Waals surface area contributed by atoms with Crippen molar-refractivity contribution >= 4 is 22.9 Å². The van der Waals surface area contributed by atoms with E-state index >= 15 is 0 Å². The van der Waals surface area contributed by atoms with Gasteiger partial charge in [-0.05, 0) is 24.1 Å². The van der Waals surface area contributed by atoms with Crippen molar-refractivity contribution in [3.05, 3.63) is 59.9 Å². The first-order valence-corrected chi connectivity index (χ1v) is 6.73. The van der Waals surface area contributed by atoms with Crippen molar-refractivity contribution in [2.45, 2.75) is 18.4 Å². The molecule has 2 aromatic rings. The van der Waals surface area contributed by atoms with Gasteiger partial charge in [-0.3, -0.25) is 4.98 Å². The van der Waals surface area contributed by atoms with E-state index in [4.69, 9.17) is 18.0 Å². The van der Waals surface area contributed by atoms with Crippen molar-refractivity contribution in [2.24, 2.45) is 5.73 Å². The number of aromatic nitrogens is 1. The van der Waals surface area contributed by atoms with Crippen molar-refractivity contribution in [3.63, 3.8) is 0 Å². The molecule has 4 heteroatoms. The lowest BCUT2D eigenvalue weighted by Crippen LogP contribution is -2.16. The third-order valence-electron chi connectivity index (χ3n) is 3.40. The second-order valence-corrected chi connectivity index (χ2v) is 5.21. The van der Waals surface area contributed by atoms with Gasteiger partial charge in [0.1, 0.15) is 10.7 Å². The number of benzene rings is 1. The van der Waals surface area contributed by atoms with Crippen LogP contribution in [0.4, 0.5) is 5.69 Å². The molecule has 3 rings (SSSR count). The van der Waals surface area contributed by atoms with Gasteiger partial charge < -0.3 is 11.1 Å². The van der Waals surface area contributed by atoms with E-state index in [0.717, 1.165) is 12.1 Å². The van der Waals surface area contributed by atoms with Crippen LogP contribution in [0.2, 0.25) is 0 Å². The summed E-state index contributed by atoms with van der Waals surface area (Å²) in [6, 6.07) is 14.9. The molecule has 0 radical (unpaired) electrons. The van der Waals surface area contributed by atoms with Crippen LogP contribution in [-0.2, 0) is 0 Å². The summed E-state index contributed by atoms with van der Waals surface area (Å²) in [5.74, 6) is 0.570. The Morgan fingerprint density at radius 3 is 2.74 bits per heavy atom. The van der Waals surface area contributed by atoms with Crippen LogP contribution >= 0.6 is 12.2 Å². The van der Waals surface area contributed by atoms with Crippen LogP contribution in [0.1, 0.15) is 23.6 Å². The minimum absolute atomic E-state index is 0.333. The molecular formula is C15H15N3S. The summed E-state index contributed by atoms with van der Waals surface area (Å²) in [5, 5.41) is 3.48. The largest absolute Gasteiger partial charge is 0.388 e. The molecule has 3 N–H and O–H groups in total. The number of hydrogen-bond donors (Lipinski definition) is 2. The highest BCUT2D eigenvalue weighted by Crippen LogP contribution is 2.42. The molecule has 2 unspecified atom stereocenters. The molecule has 1 aromatic heterocycles. The van der Waals surface area contributed by atoms with E-state index in [9.17, 15) is 0 Å². The van der Waals surface area contributed by atoms with E-state index in [-0.39, 0.29) is 0 Å².